The van der Waals surface area contributed by atoms with Crippen LogP contribution >= 0.6 is 11.8 Å². The molecule has 1 aliphatic rings. The second-order valence-corrected chi connectivity index (χ2v) is 5.04. The van der Waals surface area contributed by atoms with Crippen LogP contribution in [-0.2, 0) is 0 Å². The van der Waals surface area contributed by atoms with E-state index in [0.717, 1.165) is 36.9 Å². The number of hydrogen-bond acceptors (Lipinski definition) is 4. The Labute approximate surface area is 100 Å². The molecule has 0 radical (unpaired) electrons. The van der Waals surface area contributed by atoms with Gasteiger partial charge >= 0.3 is 0 Å². The molecule has 1 heterocycles. The summed E-state index contributed by atoms with van der Waals surface area (Å²) in [4.78, 5) is 1.18. The highest BCUT2D eigenvalue weighted by molar-refractivity contribution is 7.99. The van der Waals surface area contributed by atoms with Gasteiger partial charge in [0.25, 0.3) is 0 Å². The van der Waals surface area contributed by atoms with Crippen molar-refractivity contribution in [3.8, 4) is 11.5 Å². The van der Waals surface area contributed by atoms with E-state index in [1.807, 2.05) is 19.1 Å². The maximum atomic E-state index is 5.73. The molecule has 0 fully saturated rings. The normalized spacial score (nSPS) is 16.6. The Kier molecular flexibility index (Phi) is 3.96. The summed E-state index contributed by atoms with van der Waals surface area (Å²) in [6.45, 7) is 3.48. The van der Waals surface area contributed by atoms with Crippen molar-refractivity contribution >= 4 is 11.8 Å². The molecule has 0 unspecified atom stereocenters. The molecule has 1 aliphatic heterocycles. The van der Waals surface area contributed by atoms with E-state index in [0.29, 0.717) is 0 Å². The molecule has 1 aromatic rings. The molecular formula is C12H17NO2S. The van der Waals surface area contributed by atoms with E-state index in [1.165, 1.54) is 4.90 Å². The fourth-order valence-electron chi connectivity index (χ4n) is 1.46. The van der Waals surface area contributed by atoms with Crippen LogP contribution in [0.1, 0.15) is 13.3 Å². The van der Waals surface area contributed by atoms with Gasteiger partial charge in [-0.15, -0.1) is 11.8 Å². The minimum absolute atomic E-state index is 0.209. The molecule has 88 valence electrons. The highest BCUT2D eigenvalue weighted by atomic mass is 32.2. The lowest BCUT2D eigenvalue weighted by Gasteiger charge is -2.09. The van der Waals surface area contributed by atoms with Gasteiger partial charge in [0.2, 0.25) is 0 Å². The van der Waals surface area contributed by atoms with E-state index in [-0.39, 0.29) is 6.04 Å². The van der Waals surface area contributed by atoms with Crippen molar-refractivity contribution in [3.63, 3.8) is 0 Å². The van der Waals surface area contributed by atoms with E-state index in [2.05, 4.69) is 6.07 Å². The zero-order valence-corrected chi connectivity index (χ0v) is 10.3. The molecule has 0 saturated carbocycles. The van der Waals surface area contributed by atoms with Crippen LogP contribution in [0.2, 0.25) is 0 Å². The van der Waals surface area contributed by atoms with Crippen LogP contribution in [0.4, 0.5) is 0 Å². The fourth-order valence-corrected chi connectivity index (χ4v) is 2.27. The van der Waals surface area contributed by atoms with Crippen LogP contribution in [0, 0.1) is 0 Å². The standard InChI is InChI=1S/C12H17NO2S/c1-9(13)8-16-10-3-4-11-12(7-10)15-6-2-5-14-11/h3-4,7,9H,2,5-6,8,13H2,1H3/t9-/m0/s1. The maximum Gasteiger partial charge on any atom is 0.162 e. The average Bonchev–Trinajstić information content (AvgIpc) is 2.50. The first-order valence-electron chi connectivity index (χ1n) is 5.54. The number of fused-ring (bicyclic) bond motifs is 1. The first-order chi connectivity index (χ1) is 7.75. The number of rotatable bonds is 3. The zero-order valence-electron chi connectivity index (χ0n) is 9.44. The maximum absolute atomic E-state index is 5.73. The predicted octanol–water partition coefficient (Wildman–Crippen LogP) is 2.29. The highest BCUT2D eigenvalue weighted by Gasteiger charge is 2.10. The summed E-state index contributed by atoms with van der Waals surface area (Å²) in [5.74, 6) is 2.62. The SMILES string of the molecule is C[C@H](N)CSc1ccc2c(c1)OCCCO2. The van der Waals surface area contributed by atoms with Gasteiger partial charge in [-0.05, 0) is 25.1 Å². The van der Waals surface area contributed by atoms with Crippen LogP contribution in [-0.4, -0.2) is 25.0 Å². The molecule has 0 amide bonds. The van der Waals surface area contributed by atoms with Crippen LogP contribution in [0.15, 0.2) is 23.1 Å². The third-order valence-electron chi connectivity index (χ3n) is 2.23. The van der Waals surface area contributed by atoms with Gasteiger partial charge in [0.05, 0.1) is 13.2 Å². The first kappa shape index (κ1) is 11.6. The summed E-state index contributed by atoms with van der Waals surface area (Å²) in [6.07, 6.45) is 0.941. The van der Waals surface area contributed by atoms with Gasteiger partial charge in [0.1, 0.15) is 0 Å². The van der Waals surface area contributed by atoms with Crippen LogP contribution < -0.4 is 15.2 Å². The first-order valence-corrected chi connectivity index (χ1v) is 6.52. The number of benzene rings is 1. The second-order valence-electron chi connectivity index (χ2n) is 3.95. The van der Waals surface area contributed by atoms with Gasteiger partial charge in [-0.3, -0.25) is 0 Å². The molecule has 2 N–H and O–H groups in total. The Balaban J connectivity index is 2.08. The predicted molar refractivity (Wildman–Crippen MR) is 66.4 cm³/mol. The van der Waals surface area contributed by atoms with Crippen molar-refractivity contribution in [1.82, 2.24) is 0 Å². The molecule has 4 heteroatoms. The smallest absolute Gasteiger partial charge is 0.162 e. The molecule has 0 saturated heterocycles. The molecular weight excluding hydrogens is 222 g/mol. The number of ether oxygens (including phenoxy) is 2. The largest absolute Gasteiger partial charge is 0.490 e. The number of hydrogen-bond donors (Lipinski definition) is 1. The Morgan fingerprint density at radius 3 is 2.81 bits per heavy atom. The quantitative estimate of drug-likeness (QED) is 0.822. The highest BCUT2D eigenvalue weighted by Crippen LogP contribution is 2.33. The molecule has 1 atom stereocenters. The summed E-state index contributed by atoms with van der Waals surface area (Å²) in [5.41, 5.74) is 5.73. The summed E-state index contributed by atoms with van der Waals surface area (Å²) < 4.78 is 11.2. The Bertz CT molecular complexity index is 355. The monoisotopic (exact) mass is 239 g/mol. The topological polar surface area (TPSA) is 44.5 Å². The third-order valence-corrected chi connectivity index (χ3v) is 3.51. The number of thioether (sulfide) groups is 1. The Morgan fingerprint density at radius 1 is 1.31 bits per heavy atom. The van der Waals surface area contributed by atoms with E-state index < -0.39 is 0 Å². The van der Waals surface area contributed by atoms with Crippen molar-refractivity contribution in [1.29, 1.82) is 0 Å². The van der Waals surface area contributed by atoms with Gasteiger partial charge < -0.3 is 15.2 Å². The molecule has 1 aromatic carbocycles. The Morgan fingerprint density at radius 2 is 2.06 bits per heavy atom. The lowest BCUT2D eigenvalue weighted by molar-refractivity contribution is 0.297. The summed E-state index contributed by atoms with van der Waals surface area (Å²) in [5, 5.41) is 0. The van der Waals surface area contributed by atoms with Gasteiger partial charge in [0.15, 0.2) is 11.5 Å². The summed E-state index contributed by atoms with van der Waals surface area (Å²) in [7, 11) is 0. The Hall–Kier alpha value is -0.870. The molecule has 0 bridgehead atoms. The molecule has 3 nitrogen and oxygen atoms in total. The molecule has 16 heavy (non-hydrogen) atoms. The minimum Gasteiger partial charge on any atom is -0.490 e. The van der Waals surface area contributed by atoms with Crippen LogP contribution in [0.3, 0.4) is 0 Å². The minimum atomic E-state index is 0.209. The average molecular weight is 239 g/mol. The second kappa shape index (κ2) is 5.46. The van der Waals surface area contributed by atoms with Gasteiger partial charge in [-0.1, -0.05) is 0 Å². The fraction of sp³-hybridized carbons (Fsp3) is 0.500. The number of nitrogens with two attached hydrogens (primary N) is 1. The lowest BCUT2D eigenvalue weighted by Crippen LogP contribution is -2.17. The van der Waals surface area contributed by atoms with Crippen molar-refractivity contribution < 1.29 is 9.47 Å². The van der Waals surface area contributed by atoms with E-state index in [9.17, 15) is 0 Å². The van der Waals surface area contributed by atoms with E-state index in [4.69, 9.17) is 15.2 Å². The zero-order chi connectivity index (χ0) is 11.4. The molecule has 0 aromatic heterocycles. The van der Waals surface area contributed by atoms with Gasteiger partial charge in [0, 0.05) is 23.1 Å². The van der Waals surface area contributed by atoms with Crippen molar-refractivity contribution in [2.75, 3.05) is 19.0 Å². The lowest BCUT2D eigenvalue weighted by atomic mass is 10.3. The molecule has 0 spiro atoms. The van der Waals surface area contributed by atoms with Crippen LogP contribution in [0.5, 0.6) is 11.5 Å². The van der Waals surface area contributed by atoms with Gasteiger partial charge in [-0.25, -0.2) is 0 Å². The van der Waals surface area contributed by atoms with Crippen LogP contribution in [0.25, 0.3) is 0 Å². The van der Waals surface area contributed by atoms with E-state index in [1.54, 1.807) is 11.8 Å². The van der Waals surface area contributed by atoms with E-state index >= 15 is 0 Å². The third kappa shape index (κ3) is 3.06. The van der Waals surface area contributed by atoms with Crippen molar-refractivity contribution in [2.24, 2.45) is 5.73 Å². The molecule has 2 rings (SSSR count). The van der Waals surface area contributed by atoms with Gasteiger partial charge in [-0.2, -0.15) is 0 Å². The van der Waals surface area contributed by atoms with Crippen molar-refractivity contribution in [2.45, 2.75) is 24.3 Å². The summed E-state index contributed by atoms with van der Waals surface area (Å²) >= 11 is 1.75. The van der Waals surface area contributed by atoms with Crippen molar-refractivity contribution in [3.05, 3.63) is 18.2 Å². The molecule has 0 aliphatic carbocycles. The summed E-state index contributed by atoms with van der Waals surface area (Å²) in [6, 6.07) is 6.28.